The number of methoxy groups -OCH3 is 4. The Balaban J connectivity index is 2.53. The first-order valence-electron chi connectivity index (χ1n) is 7.73. The van der Waals surface area contributed by atoms with E-state index in [0.717, 1.165) is 30.4 Å². The molecule has 0 saturated carbocycles. The molecule has 23 heavy (non-hydrogen) atoms. The van der Waals surface area contributed by atoms with E-state index in [4.69, 9.17) is 23.7 Å². The lowest BCUT2D eigenvalue weighted by molar-refractivity contribution is -0.0815. The summed E-state index contributed by atoms with van der Waals surface area (Å²) in [5.41, 5.74) is 2.05. The van der Waals surface area contributed by atoms with Crippen LogP contribution >= 0.6 is 0 Å². The van der Waals surface area contributed by atoms with E-state index < -0.39 is 0 Å². The van der Waals surface area contributed by atoms with Gasteiger partial charge in [-0.05, 0) is 36.8 Å². The van der Waals surface area contributed by atoms with Gasteiger partial charge in [-0.1, -0.05) is 0 Å². The Morgan fingerprint density at radius 1 is 1.09 bits per heavy atom. The van der Waals surface area contributed by atoms with Gasteiger partial charge in [0.1, 0.15) is 6.79 Å². The first-order valence-corrected chi connectivity index (χ1v) is 7.73. The van der Waals surface area contributed by atoms with Gasteiger partial charge in [0.15, 0.2) is 11.5 Å². The molecule has 0 aliphatic heterocycles. The van der Waals surface area contributed by atoms with Crippen LogP contribution in [0.4, 0.5) is 0 Å². The molecule has 1 aliphatic carbocycles. The summed E-state index contributed by atoms with van der Waals surface area (Å²) in [5.74, 6) is 2.04. The molecule has 0 spiro atoms. The molecular formula is C17H26O6. The number of fused-ring (bicyclic) bond motifs is 1. The van der Waals surface area contributed by atoms with Crippen LogP contribution in [0.2, 0.25) is 0 Å². The maximum atomic E-state index is 9.60. The lowest BCUT2D eigenvalue weighted by atomic mass is 9.97. The molecule has 2 atom stereocenters. The molecule has 1 aromatic rings. The quantitative estimate of drug-likeness (QED) is 0.613. The highest BCUT2D eigenvalue weighted by molar-refractivity contribution is 5.60. The largest absolute Gasteiger partial charge is 0.493 e. The highest BCUT2D eigenvalue weighted by Gasteiger charge is 2.30. The van der Waals surface area contributed by atoms with E-state index in [-0.39, 0.29) is 25.4 Å². The van der Waals surface area contributed by atoms with Gasteiger partial charge in [0.2, 0.25) is 5.75 Å². The van der Waals surface area contributed by atoms with Crippen molar-refractivity contribution in [2.24, 2.45) is 5.92 Å². The Bertz CT molecular complexity index is 516. The Labute approximate surface area is 137 Å². The van der Waals surface area contributed by atoms with E-state index in [0.29, 0.717) is 17.2 Å². The molecule has 1 aromatic carbocycles. The van der Waals surface area contributed by atoms with E-state index in [9.17, 15) is 5.11 Å². The van der Waals surface area contributed by atoms with Gasteiger partial charge in [0.05, 0.1) is 27.4 Å². The first kappa shape index (κ1) is 17.8. The summed E-state index contributed by atoms with van der Waals surface area (Å²) in [6, 6.07) is 1.94. The molecule has 1 aliphatic rings. The lowest BCUT2D eigenvalue weighted by Crippen LogP contribution is -2.13. The molecule has 130 valence electrons. The van der Waals surface area contributed by atoms with Crippen LogP contribution in [-0.2, 0) is 15.9 Å². The molecule has 6 heteroatoms. The SMILES string of the molecule is COCOC1C[C@H](CO)CCc2c1cc(OC)c(OC)c2OC. The van der Waals surface area contributed by atoms with Gasteiger partial charge in [-0.25, -0.2) is 0 Å². The highest BCUT2D eigenvalue weighted by atomic mass is 16.7. The van der Waals surface area contributed by atoms with Gasteiger partial charge < -0.3 is 28.8 Å². The van der Waals surface area contributed by atoms with Gasteiger partial charge in [0, 0.05) is 19.3 Å². The van der Waals surface area contributed by atoms with Crippen LogP contribution < -0.4 is 14.2 Å². The fourth-order valence-electron chi connectivity index (χ4n) is 3.15. The second-order valence-electron chi connectivity index (χ2n) is 5.60. The summed E-state index contributed by atoms with van der Waals surface area (Å²) < 4.78 is 27.4. The van der Waals surface area contributed by atoms with Crippen molar-refractivity contribution < 1.29 is 28.8 Å². The second kappa shape index (κ2) is 8.38. The maximum absolute atomic E-state index is 9.60. The lowest BCUT2D eigenvalue weighted by Gasteiger charge is -2.23. The Hall–Kier alpha value is -1.50. The standard InChI is InChI=1S/C17H26O6/c1-19-10-23-14-7-11(9-18)5-6-12-13(14)8-15(20-2)17(22-4)16(12)21-3/h8,11,14,18H,5-7,9-10H2,1-4H3/t11-,14?/m1/s1. The van der Waals surface area contributed by atoms with Gasteiger partial charge in [-0.2, -0.15) is 0 Å². The topological polar surface area (TPSA) is 66.4 Å². The van der Waals surface area contributed by atoms with Crippen LogP contribution in [0, 0.1) is 5.92 Å². The van der Waals surface area contributed by atoms with E-state index in [1.165, 1.54) is 0 Å². The average Bonchev–Trinajstić information content (AvgIpc) is 2.77. The van der Waals surface area contributed by atoms with Gasteiger partial charge in [0.25, 0.3) is 0 Å². The zero-order valence-corrected chi connectivity index (χ0v) is 14.3. The summed E-state index contributed by atoms with van der Waals surface area (Å²) in [7, 11) is 6.41. The normalized spacial score (nSPS) is 20.6. The molecule has 6 nitrogen and oxygen atoms in total. The molecule has 0 heterocycles. The summed E-state index contributed by atoms with van der Waals surface area (Å²) in [5, 5.41) is 9.60. The summed E-state index contributed by atoms with van der Waals surface area (Å²) in [6.07, 6.45) is 2.20. The van der Waals surface area contributed by atoms with Crippen LogP contribution in [0.1, 0.15) is 30.1 Å². The number of aliphatic hydroxyl groups excluding tert-OH is 1. The maximum Gasteiger partial charge on any atom is 0.203 e. The molecule has 2 rings (SSSR count). The van der Waals surface area contributed by atoms with E-state index in [1.54, 1.807) is 28.4 Å². The fraction of sp³-hybridized carbons (Fsp3) is 0.647. The molecular weight excluding hydrogens is 300 g/mol. The molecule has 0 bridgehead atoms. The van der Waals surface area contributed by atoms with Crippen molar-refractivity contribution in [1.29, 1.82) is 0 Å². The molecule has 0 radical (unpaired) electrons. The smallest absolute Gasteiger partial charge is 0.203 e. The van der Waals surface area contributed by atoms with Crippen molar-refractivity contribution in [3.8, 4) is 17.2 Å². The minimum atomic E-state index is -0.182. The molecule has 0 fully saturated rings. The number of aliphatic hydroxyl groups is 1. The molecule has 0 aromatic heterocycles. The van der Waals surface area contributed by atoms with Crippen LogP contribution in [0.25, 0.3) is 0 Å². The van der Waals surface area contributed by atoms with Crippen LogP contribution in [-0.4, -0.2) is 46.9 Å². The monoisotopic (exact) mass is 326 g/mol. The van der Waals surface area contributed by atoms with Crippen molar-refractivity contribution >= 4 is 0 Å². The Kier molecular flexibility index (Phi) is 6.50. The molecule has 0 amide bonds. The predicted octanol–water partition coefficient (Wildman–Crippen LogP) is 2.32. The number of hydrogen-bond donors (Lipinski definition) is 1. The summed E-state index contributed by atoms with van der Waals surface area (Å²) in [4.78, 5) is 0. The van der Waals surface area contributed by atoms with Crippen LogP contribution in [0.3, 0.4) is 0 Å². The molecule has 0 saturated heterocycles. The third-order valence-corrected chi connectivity index (χ3v) is 4.31. The second-order valence-corrected chi connectivity index (χ2v) is 5.60. The van der Waals surface area contributed by atoms with E-state index in [1.807, 2.05) is 6.07 Å². The number of rotatable bonds is 7. The minimum absolute atomic E-state index is 0.136. The Morgan fingerprint density at radius 3 is 2.39 bits per heavy atom. The first-order chi connectivity index (χ1) is 11.2. The van der Waals surface area contributed by atoms with Crippen molar-refractivity contribution in [1.82, 2.24) is 0 Å². The van der Waals surface area contributed by atoms with Crippen LogP contribution in [0.5, 0.6) is 17.2 Å². The number of benzene rings is 1. The van der Waals surface area contributed by atoms with Crippen molar-refractivity contribution in [2.75, 3.05) is 41.8 Å². The van der Waals surface area contributed by atoms with Crippen molar-refractivity contribution in [3.63, 3.8) is 0 Å². The van der Waals surface area contributed by atoms with Crippen LogP contribution in [0.15, 0.2) is 6.07 Å². The number of ether oxygens (including phenoxy) is 5. The molecule has 1 unspecified atom stereocenters. The van der Waals surface area contributed by atoms with Gasteiger partial charge >= 0.3 is 0 Å². The zero-order valence-electron chi connectivity index (χ0n) is 14.3. The molecule has 1 N–H and O–H groups in total. The third kappa shape index (κ3) is 3.71. The minimum Gasteiger partial charge on any atom is -0.493 e. The van der Waals surface area contributed by atoms with E-state index in [2.05, 4.69) is 0 Å². The zero-order chi connectivity index (χ0) is 16.8. The summed E-state index contributed by atoms with van der Waals surface area (Å²) >= 11 is 0. The van der Waals surface area contributed by atoms with E-state index >= 15 is 0 Å². The average molecular weight is 326 g/mol. The third-order valence-electron chi connectivity index (χ3n) is 4.31. The highest BCUT2D eigenvalue weighted by Crippen LogP contribution is 2.47. The van der Waals surface area contributed by atoms with Gasteiger partial charge in [-0.15, -0.1) is 0 Å². The van der Waals surface area contributed by atoms with Crippen molar-refractivity contribution in [3.05, 3.63) is 17.2 Å². The predicted molar refractivity (Wildman–Crippen MR) is 85.3 cm³/mol. The van der Waals surface area contributed by atoms with Crippen molar-refractivity contribution in [2.45, 2.75) is 25.4 Å². The fourth-order valence-corrected chi connectivity index (χ4v) is 3.15. The number of hydrogen-bond acceptors (Lipinski definition) is 6. The Morgan fingerprint density at radius 2 is 1.83 bits per heavy atom. The van der Waals surface area contributed by atoms with Gasteiger partial charge in [-0.3, -0.25) is 0 Å². The summed E-state index contributed by atoms with van der Waals surface area (Å²) in [6.45, 7) is 0.330.